The molecule has 0 atom stereocenters. The van der Waals surface area contributed by atoms with Crippen molar-refractivity contribution in [1.82, 2.24) is 0 Å². The van der Waals surface area contributed by atoms with E-state index in [-0.39, 0.29) is 0 Å². The Kier molecular flexibility index (Phi) is 4.97. The maximum absolute atomic E-state index is 12.4. The zero-order valence-corrected chi connectivity index (χ0v) is 7.49. The van der Waals surface area contributed by atoms with Crippen LogP contribution in [0.3, 0.4) is 0 Å². The van der Waals surface area contributed by atoms with Crippen LogP contribution in [-0.4, -0.2) is 5.16 Å². The Hall–Kier alpha value is -1.26. The van der Waals surface area contributed by atoms with E-state index in [1.54, 1.807) is 0 Å². The van der Waals surface area contributed by atoms with E-state index in [1.807, 2.05) is 0 Å². The second-order valence-corrected chi connectivity index (χ2v) is 2.25. The van der Waals surface area contributed by atoms with Gasteiger partial charge in [-0.1, -0.05) is 24.4 Å². The number of nitrogens with zero attached hydrogens (tertiary/aromatic N) is 1. The van der Waals surface area contributed by atoms with Crippen LogP contribution < -0.4 is 0 Å². The summed E-state index contributed by atoms with van der Waals surface area (Å²) in [5.74, 6) is -1.24. The number of rotatable bonds is 0. The van der Waals surface area contributed by atoms with Crippen molar-refractivity contribution in [3.05, 3.63) is 41.1 Å². The van der Waals surface area contributed by atoms with Crippen LogP contribution in [0.1, 0.15) is 5.56 Å². The van der Waals surface area contributed by atoms with Gasteiger partial charge in [0.15, 0.2) is 0 Å². The van der Waals surface area contributed by atoms with Crippen LogP contribution in [0.4, 0.5) is 17.6 Å². The molecule has 1 aromatic rings. The third-order valence-electron chi connectivity index (χ3n) is 1.18. The summed E-state index contributed by atoms with van der Waals surface area (Å²) in [4.78, 5) is 0. The number of halogens is 4. The van der Waals surface area contributed by atoms with Crippen LogP contribution in [0, 0.1) is 5.82 Å². The zero-order chi connectivity index (χ0) is 11.2. The number of benzene rings is 1. The monoisotopic (exact) mass is 222 g/mol. The van der Waals surface area contributed by atoms with Gasteiger partial charge in [-0.3, -0.25) is 0 Å². The summed E-state index contributed by atoms with van der Waals surface area (Å²) in [6, 6.07) is 3.84. The summed E-state index contributed by atoms with van der Waals surface area (Å²) >= 11 is 3.70. The van der Waals surface area contributed by atoms with Crippen LogP contribution in [0.25, 0.3) is 5.41 Å². The molecule has 0 heterocycles. The minimum absolute atomic E-state index is 0.704. The zero-order valence-electron chi connectivity index (χ0n) is 6.68. The second-order valence-electron chi connectivity index (χ2n) is 2.07. The molecule has 0 radical (unpaired) electrons. The molecule has 0 spiro atoms. The minimum Gasteiger partial charge on any atom is -0.753 e. The van der Waals surface area contributed by atoms with Gasteiger partial charge in [0.25, 0.3) is 0 Å². The molecule has 0 aromatic heterocycles. The molecule has 0 fully saturated rings. The highest BCUT2D eigenvalue weighted by Gasteiger charge is 2.33. The van der Waals surface area contributed by atoms with Crippen molar-refractivity contribution in [2.45, 2.75) is 6.18 Å². The highest BCUT2D eigenvalue weighted by atomic mass is 32.1. The predicted molar refractivity (Wildman–Crippen MR) is 47.4 cm³/mol. The third kappa shape index (κ3) is 4.11. The SMILES string of the molecule is Fc1ccccc1C(F)(F)F.[N-]=C=S. The third-order valence-corrected chi connectivity index (χ3v) is 1.18. The molecular weight excluding hydrogens is 218 g/mol. The van der Waals surface area contributed by atoms with Crippen LogP contribution in [0.5, 0.6) is 0 Å². The van der Waals surface area contributed by atoms with Gasteiger partial charge in [0.05, 0.1) is 5.56 Å². The van der Waals surface area contributed by atoms with E-state index in [0.29, 0.717) is 6.07 Å². The number of thiocarbonyl (C=S) groups is 1. The van der Waals surface area contributed by atoms with Gasteiger partial charge in [0.2, 0.25) is 0 Å². The molecule has 0 unspecified atom stereocenters. The Morgan fingerprint density at radius 2 is 1.64 bits per heavy atom. The quantitative estimate of drug-likeness (QED) is 0.374. The number of hydrogen-bond acceptors (Lipinski definition) is 1. The average molecular weight is 222 g/mol. The van der Waals surface area contributed by atoms with Crippen molar-refractivity contribution < 1.29 is 17.6 Å². The Morgan fingerprint density at radius 1 is 1.21 bits per heavy atom. The first kappa shape index (κ1) is 12.7. The largest absolute Gasteiger partial charge is 0.753 e. The number of isothiocyanates is 1. The molecule has 0 amide bonds. The summed E-state index contributed by atoms with van der Waals surface area (Å²) in [6.07, 6.45) is -4.59. The smallest absolute Gasteiger partial charge is 0.419 e. The van der Waals surface area contributed by atoms with Crippen molar-refractivity contribution in [2.24, 2.45) is 0 Å². The molecule has 6 heteroatoms. The minimum atomic E-state index is -4.59. The molecule has 0 aliphatic heterocycles. The van der Waals surface area contributed by atoms with Gasteiger partial charge in [0, 0.05) is 0 Å². The average Bonchev–Trinajstić information content (AvgIpc) is 2.04. The molecule has 0 saturated heterocycles. The van der Waals surface area contributed by atoms with Crippen molar-refractivity contribution in [3.63, 3.8) is 0 Å². The fraction of sp³-hybridized carbons (Fsp3) is 0.125. The van der Waals surface area contributed by atoms with Gasteiger partial charge >= 0.3 is 6.18 Å². The fourth-order valence-corrected chi connectivity index (χ4v) is 0.691. The highest BCUT2D eigenvalue weighted by Crippen LogP contribution is 2.30. The Balaban J connectivity index is 0.000000500. The van der Waals surface area contributed by atoms with Gasteiger partial charge in [-0.05, 0) is 12.1 Å². The van der Waals surface area contributed by atoms with Crippen molar-refractivity contribution in [1.29, 1.82) is 0 Å². The molecule has 1 aromatic carbocycles. The van der Waals surface area contributed by atoms with Gasteiger partial charge < -0.3 is 5.41 Å². The number of alkyl halides is 3. The maximum atomic E-state index is 12.4. The lowest BCUT2D eigenvalue weighted by molar-refractivity contribution is -0.140. The normalized spacial score (nSPS) is 9.71. The Morgan fingerprint density at radius 3 is 1.93 bits per heavy atom. The van der Waals surface area contributed by atoms with E-state index < -0.39 is 17.6 Å². The first-order valence-corrected chi connectivity index (χ1v) is 3.67. The molecule has 14 heavy (non-hydrogen) atoms. The molecule has 1 nitrogen and oxygen atoms in total. The van der Waals surface area contributed by atoms with Gasteiger partial charge in [-0.15, -0.1) is 0 Å². The van der Waals surface area contributed by atoms with E-state index in [2.05, 4.69) is 12.2 Å². The summed E-state index contributed by atoms with van der Waals surface area (Å²) < 4.78 is 47.8. The van der Waals surface area contributed by atoms with Gasteiger partial charge in [0.1, 0.15) is 5.82 Å². The van der Waals surface area contributed by atoms with Gasteiger partial charge in [-0.25, -0.2) is 4.39 Å². The summed E-state index contributed by atoms with van der Waals surface area (Å²) in [7, 11) is 0. The maximum Gasteiger partial charge on any atom is 0.419 e. The lowest BCUT2D eigenvalue weighted by atomic mass is 10.2. The molecule has 0 aliphatic carbocycles. The lowest BCUT2D eigenvalue weighted by Crippen LogP contribution is -2.07. The van der Waals surface area contributed by atoms with Gasteiger partial charge in [-0.2, -0.15) is 18.3 Å². The molecule has 0 N–H and O–H groups in total. The fourth-order valence-electron chi connectivity index (χ4n) is 0.691. The summed E-state index contributed by atoms with van der Waals surface area (Å²) in [6.45, 7) is 0. The molecular formula is C8H4F4NS-. The lowest BCUT2D eigenvalue weighted by Gasteiger charge is -2.05. The highest BCUT2D eigenvalue weighted by molar-refractivity contribution is 7.78. The summed E-state index contributed by atoms with van der Waals surface area (Å²) in [5, 5.41) is 8.47. The topological polar surface area (TPSA) is 22.3 Å². The van der Waals surface area contributed by atoms with Crippen LogP contribution in [0.15, 0.2) is 24.3 Å². The van der Waals surface area contributed by atoms with E-state index >= 15 is 0 Å². The Bertz CT molecular complexity index is 328. The molecule has 0 saturated carbocycles. The molecule has 0 bridgehead atoms. The molecule has 76 valence electrons. The standard InChI is InChI=1S/C7H4F4.CNS/c8-6-4-2-1-3-5(6)7(9,10)11;2-1-3/h1-4H;/q;-1. The number of hydrogen-bond donors (Lipinski definition) is 0. The van der Waals surface area contributed by atoms with E-state index in [0.717, 1.165) is 12.1 Å². The van der Waals surface area contributed by atoms with Crippen molar-refractivity contribution >= 4 is 17.4 Å². The van der Waals surface area contributed by atoms with Crippen molar-refractivity contribution in [3.8, 4) is 0 Å². The molecule has 1 rings (SSSR count). The van der Waals surface area contributed by atoms with E-state index in [4.69, 9.17) is 5.41 Å². The first-order chi connectivity index (χ1) is 6.43. The van der Waals surface area contributed by atoms with E-state index in [9.17, 15) is 17.6 Å². The predicted octanol–water partition coefficient (Wildman–Crippen LogP) is 3.50. The Labute approximate surface area is 82.9 Å². The van der Waals surface area contributed by atoms with E-state index in [1.165, 1.54) is 11.2 Å². The van der Waals surface area contributed by atoms with Crippen LogP contribution in [-0.2, 0) is 6.18 Å². The summed E-state index contributed by atoms with van der Waals surface area (Å²) in [5.41, 5.74) is -1.22. The molecule has 0 aliphatic rings. The first-order valence-electron chi connectivity index (χ1n) is 3.26. The van der Waals surface area contributed by atoms with Crippen molar-refractivity contribution in [2.75, 3.05) is 0 Å². The van der Waals surface area contributed by atoms with Crippen LogP contribution >= 0.6 is 12.2 Å². The second kappa shape index (κ2) is 5.47. The van der Waals surface area contributed by atoms with Crippen LogP contribution in [0.2, 0.25) is 0 Å².